The van der Waals surface area contributed by atoms with Gasteiger partial charge in [0.1, 0.15) is 0 Å². The van der Waals surface area contributed by atoms with E-state index in [4.69, 9.17) is 5.73 Å². The fourth-order valence-corrected chi connectivity index (χ4v) is 1.58. The summed E-state index contributed by atoms with van der Waals surface area (Å²) in [5.74, 6) is 0. The van der Waals surface area contributed by atoms with E-state index in [1.807, 2.05) is 0 Å². The van der Waals surface area contributed by atoms with Crippen molar-refractivity contribution < 1.29 is 4.79 Å². The Hall–Kier alpha value is -0.770. The number of rotatable bonds is 1. The third kappa shape index (κ3) is 2.37. The Balaban J connectivity index is 2.33. The maximum absolute atomic E-state index is 10.9. The molecule has 0 saturated heterocycles. The van der Waals surface area contributed by atoms with E-state index in [2.05, 4.69) is 10.6 Å². The number of hydrogen-bond donors (Lipinski definition) is 3. The van der Waals surface area contributed by atoms with Crippen LogP contribution in [0.1, 0.15) is 25.7 Å². The lowest BCUT2D eigenvalue weighted by Crippen LogP contribution is -2.51. The standard InChI is InChI=1S/C8H17N3O/c1-10-8(12)11-7-5-3-2-4-6(7)9/h6-7H,2-5,9H2,1H3,(H2,10,11,12)/t6-,7-/m1/s1. The molecule has 0 aliphatic heterocycles. The molecule has 2 atom stereocenters. The highest BCUT2D eigenvalue weighted by atomic mass is 16.2. The average molecular weight is 171 g/mol. The molecular formula is C8H17N3O. The zero-order valence-electron chi connectivity index (χ0n) is 7.47. The van der Waals surface area contributed by atoms with Gasteiger partial charge >= 0.3 is 6.03 Å². The van der Waals surface area contributed by atoms with E-state index in [9.17, 15) is 4.79 Å². The Morgan fingerprint density at radius 1 is 1.42 bits per heavy atom. The van der Waals surface area contributed by atoms with Gasteiger partial charge in [-0.25, -0.2) is 4.79 Å². The molecule has 1 fully saturated rings. The maximum Gasteiger partial charge on any atom is 0.314 e. The number of carbonyl (C=O) groups is 1. The van der Waals surface area contributed by atoms with Crippen LogP contribution in [-0.4, -0.2) is 25.2 Å². The Bertz CT molecular complexity index is 160. The Labute approximate surface area is 72.9 Å². The molecule has 1 aliphatic carbocycles. The summed E-state index contributed by atoms with van der Waals surface area (Å²) in [6.45, 7) is 0. The molecule has 12 heavy (non-hydrogen) atoms. The second-order valence-electron chi connectivity index (χ2n) is 3.28. The van der Waals surface area contributed by atoms with Gasteiger partial charge in [-0.2, -0.15) is 0 Å². The first-order valence-corrected chi connectivity index (χ1v) is 4.48. The van der Waals surface area contributed by atoms with Gasteiger partial charge in [-0.05, 0) is 12.8 Å². The third-order valence-electron chi connectivity index (χ3n) is 2.36. The highest BCUT2D eigenvalue weighted by molar-refractivity contribution is 5.73. The SMILES string of the molecule is CNC(=O)N[C@@H]1CCCC[C@H]1N. The van der Waals surface area contributed by atoms with Crippen LogP contribution in [0.4, 0.5) is 4.79 Å². The van der Waals surface area contributed by atoms with Gasteiger partial charge in [0.05, 0.1) is 0 Å². The molecule has 0 aromatic carbocycles. The van der Waals surface area contributed by atoms with Gasteiger partial charge in [0.25, 0.3) is 0 Å². The molecular weight excluding hydrogens is 154 g/mol. The number of amides is 2. The molecule has 0 unspecified atom stereocenters. The molecule has 0 bridgehead atoms. The fraction of sp³-hybridized carbons (Fsp3) is 0.875. The minimum Gasteiger partial charge on any atom is -0.341 e. The van der Waals surface area contributed by atoms with E-state index in [1.165, 1.54) is 12.8 Å². The van der Waals surface area contributed by atoms with E-state index >= 15 is 0 Å². The zero-order chi connectivity index (χ0) is 8.97. The quantitative estimate of drug-likeness (QED) is 0.527. The van der Waals surface area contributed by atoms with Crippen LogP contribution >= 0.6 is 0 Å². The van der Waals surface area contributed by atoms with Gasteiger partial charge in [-0.1, -0.05) is 12.8 Å². The summed E-state index contributed by atoms with van der Waals surface area (Å²) in [5, 5.41) is 5.37. The molecule has 4 N–H and O–H groups in total. The number of urea groups is 1. The normalized spacial score (nSPS) is 29.5. The van der Waals surface area contributed by atoms with Crippen LogP contribution in [0.5, 0.6) is 0 Å². The largest absolute Gasteiger partial charge is 0.341 e. The van der Waals surface area contributed by atoms with Crippen molar-refractivity contribution in [3.63, 3.8) is 0 Å². The monoisotopic (exact) mass is 171 g/mol. The molecule has 0 aromatic heterocycles. The summed E-state index contributed by atoms with van der Waals surface area (Å²) in [6, 6.07) is 0.173. The Kier molecular flexibility index (Phi) is 3.34. The van der Waals surface area contributed by atoms with Crippen molar-refractivity contribution in [3.8, 4) is 0 Å². The van der Waals surface area contributed by atoms with Crippen LogP contribution in [0.25, 0.3) is 0 Å². The summed E-state index contributed by atoms with van der Waals surface area (Å²) >= 11 is 0. The van der Waals surface area contributed by atoms with E-state index in [1.54, 1.807) is 7.05 Å². The van der Waals surface area contributed by atoms with Crippen molar-refractivity contribution in [3.05, 3.63) is 0 Å². The lowest BCUT2D eigenvalue weighted by atomic mass is 9.91. The molecule has 0 spiro atoms. The van der Waals surface area contributed by atoms with Crippen LogP contribution in [0, 0.1) is 0 Å². The average Bonchev–Trinajstić information content (AvgIpc) is 2.09. The van der Waals surface area contributed by atoms with Crippen LogP contribution in [0.2, 0.25) is 0 Å². The summed E-state index contributed by atoms with van der Waals surface area (Å²) in [7, 11) is 1.61. The van der Waals surface area contributed by atoms with Crippen LogP contribution in [0.15, 0.2) is 0 Å². The van der Waals surface area contributed by atoms with Crippen molar-refractivity contribution in [2.45, 2.75) is 37.8 Å². The molecule has 0 aromatic rings. The highest BCUT2D eigenvalue weighted by Crippen LogP contribution is 2.16. The van der Waals surface area contributed by atoms with Crippen molar-refractivity contribution in [2.24, 2.45) is 5.73 Å². The summed E-state index contributed by atoms with van der Waals surface area (Å²) in [5.41, 5.74) is 5.84. The number of nitrogens with two attached hydrogens (primary N) is 1. The van der Waals surface area contributed by atoms with Crippen molar-refractivity contribution in [1.82, 2.24) is 10.6 Å². The van der Waals surface area contributed by atoms with Gasteiger partial charge in [0, 0.05) is 19.1 Å². The lowest BCUT2D eigenvalue weighted by Gasteiger charge is -2.28. The topological polar surface area (TPSA) is 67.2 Å². The minimum atomic E-state index is -0.127. The molecule has 4 nitrogen and oxygen atoms in total. The molecule has 1 saturated carbocycles. The maximum atomic E-state index is 10.9. The molecule has 4 heteroatoms. The predicted molar refractivity (Wildman–Crippen MR) is 47.8 cm³/mol. The second-order valence-corrected chi connectivity index (χ2v) is 3.28. The van der Waals surface area contributed by atoms with E-state index in [0.717, 1.165) is 12.8 Å². The van der Waals surface area contributed by atoms with Gasteiger partial charge in [-0.3, -0.25) is 0 Å². The highest BCUT2D eigenvalue weighted by Gasteiger charge is 2.22. The second kappa shape index (κ2) is 4.30. The van der Waals surface area contributed by atoms with E-state index < -0.39 is 0 Å². The third-order valence-corrected chi connectivity index (χ3v) is 2.36. The summed E-state index contributed by atoms with van der Waals surface area (Å²) in [4.78, 5) is 10.9. The van der Waals surface area contributed by atoms with E-state index in [-0.39, 0.29) is 18.1 Å². The first-order chi connectivity index (χ1) is 5.74. The molecule has 1 aliphatic rings. The van der Waals surface area contributed by atoms with Gasteiger partial charge < -0.3 is 16.4 Å². The number of hydrogen-bond acceptors (Lipinski definition) is 2. The predicted octanol–water partition coefficient (Wildman–Crippen LogP) is 0.185. The molecule has 70 valence electrons. The Morgan fingerprint density at radius 3 is 2.67 bits per heavy atom. The van der Waals surface area contributed by atoms with Crippen LogP contribution in [0.3, 0.4) is 0 Å². The fourth-order valence-electron chi connectivity index (χ4n) is 1.58. The molecule has 0 radical (unpaired) electrons. The van der Waals surface area contributed by atoms with E-state index in [0.29, 0.717) is 0 Å². The lowest BCUT2D eigenvalue weighted by molar-refractivity contribution is 0.231. The zero-order valence-corrected chi connectivity index (χ0v) is 7.47. The molecule has 2 amide bonds. The van der Waals surface area contributed by atoms with Crippen LogP contribution in [-0.2, 0) is 0 Å². The van der Waals surface area contributed by atoms with Crippen LogP contribution < -0.4 is 16.4 Å². The molecule has 0 heterocycles. The summed E-state index contributed by atoms with van der Waals surface area (Å²) < 4.78 is 0. The summed E-state index contributed by atoms with van der Waals surface area (Å²) in [6.07, 6.45) is 4.39. The Morgan fingerprint density at radius 2 is 2.08 bits per heavy atom. The van der Waals surface area contributed by atoms with Crippen molar-refractivity contribution in [2.75, 3.05) is 7.05 Å². The number of carbonyl (C=O) groups excluding carboxylic acids is 1. The smallest absolute Gasteiger partial charge is 0.314 e. The first kappa shape index (κ1) is 9.32. The minimum absolute atomic E-state index is 0.127. The first-order valence-electron chi connectivity index (χ1n) is 4.48. The number of nitrogens with one attached hydrogen (secondary N) is 2. The van der Waals surface area contributed by atoms with Gasteiger partial charge in [-0.15, -0.1) is 0 Å². The van der Waals surface area contributed by atoms with Gasteiger partial charge in [0.15, 0.2) is 0 Å². The van der Waals surface area contributed by atoms with Crippen molar-refractivity contribution in [1.29, 1.82) is 0 Å². The molecule has 1 rings (SSSR count). The van der Waals surface area contributed by atoms with Crippen molar-refractivity contribution >= 4 is 6.03 Å². The van der Waals surface area contributed by atoms with Gasteiger partial charge in [0.2, 0.25) is 0 Å².